The smallest absolute Gasteiger partial charge is 0.168 e. The molecule has 5 heteroatoms. The van der Waals surface area contributed by atoms with E-state index in [2.05, 4.69) is 0 Å². The molecule has 2 atom stereocenters. The molecule has 1 aliphatic heterocycles. The molecule has 0 spiro atoms. The maximum absolute atomic E-state index is 13.1. The summed E-state index contributed by atoms with van der Waals surface area (Å²) in [5.74, 6) is -1.58. The van der Waals surface area contributed by atoms with E-state index in [-0.39, 0.29) is 17.9 Å². The van der Waals surface area contributed by atoms with Crippen LogP contribution in [0.2, 0.25) is 0 Å². The van der Waals surface area contributed by atoms with Crippen molar-refractivity contribution in [3.8, 4) is 5.75 Å². The molecule has 0 aromatic heterocycles. The molecule has 0 radical (unpaired) electrons. The predicted octanol–water partition coefficient (Wildman–Crippen LogP) is 0.718. The first-order valence-electron chi connectivity index (χ1n) is 4.15. The van der Waals surface area contributed by atoms with Crippen LogP contribution in [-0.2, 0) is 0 Å². The highest BCUT2D eigenvalue weighted by Crippen LogP contribution is 2.33. The van der Waals surface area contributed by atoms with E-state index in [0.29, 0.717) is 0 Å². The minimum atomic E-state index is -0.927. The summed E-state index contributed by atoms with van der Waals surface area (Å²) < 4.78 is 30.9. The second-order valence-electron chi connectivity index (χ2n) is 3.21. The zero-order chi connectivity index (χ0) is 10.3. The fourth-order valence-corrected chi connectivity index (χ4v) is 1.46. The number of aliphatic hydroxyl groups is 1. The van der Waals surface area contributed by atoms with E-state index in [1.807, 2.05) is 0 Å². The van der Waals surface area contributed by atoms with Gasteiger partial charge in [-0.15, -0.1) is 0 Å². The molecule has 0 bridgehead atoms. The van der Waals surface area contributed by atoms with E-state index >= 15 is 0 Å². The highest BCUT2D eigenvalue weighted by atomic mass is 19.1. The van der Waals surface area contributed by atoms with Gasteiger partial charge in [0.05, 0.1) is 6.04 Å². The molecule has 0 saturated heterocycles. The zero-order valence-corrected chi connectivity index (χ0v) is 7.21. The molecule has 3 nitrogen and oxygen atoms in total. The molecule has 1 aromatic rings. The number of aliphatic hydroxyl groups excluding tert-OH is 1. The number of rotatable bonds is 0. The van der Waals surface area contributed by atoms with Crippen LogP contribution in [0.4, 0.5) is 8.78 Å². The van der Waals surface area contributed by atoms with Crippen molar-refractivity contribution >= 4 is 0 Å². The van der Waals surface area contributed by atoms with Crippen LogP contribution in [0, 0.1) is 11.6 Å². The number of ether oxygens (including phenoxy) is 1. The molecule has 2 rings (SSSR count). The normalized spacial score (nSPS) is 25.4. The fraction of sp³-hybridized carbons (Fsp3) is 0.333. The maximum Gasteiger partial charge on any atom is 0.168 e. The van der Waals surface area contributed by atoms with Gasteiger partial charge in [-0.25, -0.2) is 8.78 Å². The van der Waals surface area contributed by atoms with E-state index in [1.165, 1.54) is 0 Å². The molecule has 1 aromatic carbocycles. The van der Waals surface area contributed by atoms with E-state index in [1.54, 1.807) is 0 Å². The summed E-state index contributed by atoms with van der Waals surface area (Å²) in [7, 11) is 0. The summed E-state index contributed by atoms with van der Waals surface area (Å²) in [5, 5.41) is 9.31. The van der Waals surface area contributed by atoms with Crippen molar-refractivity contribution in [3.05, 3.63) is 29.3 Å². The van der Waals surface area contributed by atoms with Gasteiger partial charge in [0.2, 0.25) is 0 Å². The molecule has 1 aliphatic rings. The molecule has 0 aliphatic carbocycles. The number of fused-ring (bicyclic) bond motifs is 1. The second kappa shape index (κ2) is 3.18. The summed E-state index contributed by atoms with van der Waals surface area (Å²) in [6, 6.07) is 0.998. The molecule has 1 heterocycles. The summed E-state index contributed by atoms with van der Waals surface area (Å²) in [5.41, 5.74) is 5.73. The second-order valence-corrected chi connectivity index (χ2v) is 3.21. The Hall–Kier alpha value is -1.20. The van der Waals surface area contributed by atoms with Crippen molar-refractivity contribution in [3.63, 3.8) is 0 Å². The van der Waals surface area contributed by atoms with E-state index in [4.69, 9.17) is 10.5 Å². The molecule has 0 fully saturated rings. The summed E-state index contributed by atoms with van der Waals surface area (Å²) in [6.45, 7) is -0.0727. The third-order valence-corrected chi connectivity index (χ3v) is 2.21. The monoisotopic (exact) mass is 201 g/mol. The maximum atomic E-state index is 13.1. The quantitative estimate of drug-likeness (QED) is 0.650. The van der Waals surface area contributed by atoms with Crippen molar-refractivity contribution in [2.24, 2.45) is 5.73 Å². The lowest BCUT2D eigenvalue weighted by atomic mass is 9.99. The van der Waals surface area contributed by atoms with Gasteiger partial charge in [0.15, 0.2) is 11.6 Å². The minimum absolute atomic E-state index is 0.0656. The van der Waals surface area contributed by atoms with Crippen LogP contribution in [0.15, 0.2) is 12.1 Å². The van der Waals surface area contributed by atoms with E-state index in [9.17, 15) is 13.9 Å². The number of hydrogen-bond acceptors (Lipinski definition) is 3. The highest BCUT2D eigenvalue weighted by Gasteiger charge is 2.29. The molecule has 3 N–H and O–H groups in total. The Morgan fingerprint density at radius 1 is 1.43 bits per heavy atom. The lowest BCUT2D eigenvalue weighted by molar-refractivity contribution is 0.0649. The van der Waals surface area contributed by atoms with E-state index < -0.39 is 23.8 Å². The van der Waals surface area contributed by atoms with Gasteiger partial charge in [0.25, 0.3) is 0 Å². The third-order valence-electron chi connectivity index (χ3n) is 2.21. The number of hydrogen-bond donors (Lipinski definition) is 2. The summed E-state index contributed by atoms with van der Waals surface area (Å²) in [4.78, 5) is 0. The third kappa shape index (κ3) is 1.34. The van der Waals surface area contributed by atoms with Crippen LogP contribution < -0.4 is 10.5 Å². The molecule has 14 heavy (non-hydrogen) atoms. The Labute approximate surface area is 79.1 Å². The molecule has 0 saturated carbocycles. The Morgan fingerprint density at radius 3 is 2.86 bits per heavy atom. The standard InChI is InChI=1S/C9H9F2NO2/c10-4-1-5-8(12)7(13)3-14-9(5)6(11)2-4/h1-2,7-8,13H,3,12H2/t7-,8+/m0/s1. The highest BCUT2D eigenvalue weighted by molar-refractivity contribution is 5.40. The first-order chi connectivity index (χ1) is 6.59. The number of halogens is 2. The average molecular weight is 201 g/mol. The first kappa shape index (κ1) is 9.36. The van der Waals surface area contributed by atoms with Crippen LogP contribution >= 0.6 is 0 Å². The minimum Gasteiger partial charge on any atom is -0.487 e. The van der Waals surface area contributed by atoms with E-state index in [0.717, 1.165) is 12.1 Å². The summed E-state index contributed by atoms with van der Waals surface area (Å²) in [6.07, 6.45) is -0.927. The molecule has 76 valence electrons. The summed E-state index contributed by atoms with van der Waals surface area (Å²) >= 11 is 0. The Balaban J connectivity index is 2.54. The van der Waals surface area contributed by atoms with Crippen molar-refractivity contribution in [2.45, 2.75) is 12.1 Å². The SMILES string of the molecule is N[C@@H]1c2cc(F)cc(F)c2OC[C@@H]1O. The van der Waals surface area contributed by atoms with Gasteiger partial charge in [-0.05, 0) is 6.07 Å². The lowest BCUT2D eigenvalue weighted by Gasteiger charge is -2.27. The molecular formula is C9H9F2NO2. The Morgan fingerprint density at radius 2 is 2.14 bits per heavy atom. The lowest BCUT2D eigenvalue weighted by Crippen LogP contribution is -2.36. The van der Waals surface area contributed by atoms with Gasteiger partial charge < -0.3 is 15.6 Å². The molecular weight excluding hydrogens is 192 g/mol. The molecule has 0 unspecified atom stereocenters. The van der Waals surface area contributed by atoms with Gasteiger partial charge in [-0.2, -0.15) is 0 Å². The zero-order valence-electron chi connectivity index (χ0n) is 7.21. The van der Waals surface area contributed by atoms with Crippen LogP contribution in [0.25, 0.3) is 0 Å². The average Bonchev–Trinajstić information content (AvgIpc) is 2.12. The van der Waals surface area contributed by atoms with Crippen LogP contribution in [-0.4, -0.2) is 17.8 Å². The predicted molar refractivity (Wildman–Crippen MR) is 44.8 cm³/mol. The van der Waals surface area contributed by atoms with Gasteiger partial charge in [-0.1, -0.05) is 0 Å². The van der Waals surface area contributed by atoms with Crippen LogP contribution in [0.3, 0.4) is 0 Å². The van der Waals surface area contributed by atoms with Crippen LogP contribution in [0.1, 0.15) is 11.6 Å². The van der Waals surface area contributed by atoms with Gasteiger partial charge in [-0.3, -0.25) is 0 Å². The van der Waals surface area contributed by atoms with Crippen molar-refractivity contribution in [1.29, 1.82) is 0 Å². The number of nitrogens with two attached hydrogens (primary N) is 1. The molecule has 0 amide bonds. The number of benzene rings is 1. The van der Waals surface area contributed by atoms with Crippen molar-refractivity contribution in [2.75, 3.05) is 6.61 Å². The van der Waals surface area contributed by atoms with Crippen molar-refractivity contribution < 1.29 is 18.6 Å². The fourth-order valence-electron chi connectivity index (χ4n) is 1.46. The van der Waals surface area contributed by atoms with Gasteiger partial charge >= 0.3 is 0 Å². The first-order valence-corrected chi connectivity index (χ1v) is 4.15. The van der Waals surface area contributed by atoms with Gasteiger partial charge in [0, 0.05) is 11.6 Å². The van der Waals surface area contributed by atoms with Crippen molar-refractivity contribution in [1.82, 2.24) is 0 Å². The topological polar surface area (TPSA) is 55.5 Å². The largest absolute Gasteiger partial charge is 0.487 e. The van der Waals surface area contributed by atoms with Gasteiger partial charge in [0.1, 0.15) is 18.5 Å². The van der Waals surface area contributed by atoms with Crippen LogP contribution in [0.5, 0.6) is 5.75 Å². The Kier molecular flexibility index (Phi) is 2.13. The Bertz CT molecular complexity index is 370.